The summed E-state index contributed by atoms with van der Waals surface area (Å²) in [4.78, 5) is 26.0. The number of halogens is 1. The number of carbonyl (C=O) groups excluding carboxylic acids is 2. The fourth-order valence-corrected chi connectivity index (χ4v) is 1.25. The van der Waals surface area contributed by atoms with E-state index in [1.165, 1.54) is 18.2 Å². The molecular formula is C10H8FN3O2. The summed E-state index contributed by atoms with van der Waals surface area (Å²) in [6.07, 6.45) is 0. The first kappa shape index (κ1) is 10.3. The third-order valence-electron chi connectivity index (χ3n) is 1.99. The van der Waals surface area contributed by atoms with Crippen LogP contribution in [0.2, 0.25) is 0 Å². The molecule has 16 heavy (non-hydrogen) atoms. The summed E-state index contributed by atoms with van der Waals surface area (Å²) < 4.78 is 13.2. The predicted molar refractivity (Wildman–Crippen MR) is 54.3 cm³/mol. The molecule has 2 rings (SSSR count). The molecule has 0 radical (unpaired) electrons. The molecule has 0 spiro atoms. The van der Waals surface area contributed by atoms with Crippen LogP contribution >= 0.6 is 0 Å². The van der Waals surface area contributed by atoms with Gasteiger partial charge in [-0.05, 0) is 12.1 Å². The average Bonchev–Trinajstić information content (AvgIpc) is 2.64. The van der Waals surface area contributed by atoms with Crippen LogP contribution in [0.25, 0.3) is 0 Å². The van der Waals surface area contributed by atoms with Crippen molar-refractivity contribution in [2.75, 3.05) is 6.54 Å². The van der Waals surface area contributed by atoms with Gasteiger partial charge in [0.2, 0.25) is 11.9 Å². The van der Waals surface area contributed by atoms with Gasteiger partial charge in [0.25, 0.3) is 5.91 Å². The second-order valence-electron chi connectivity index (χ2n) is 3.15. The molecule has 6 heteroatoms. The first-order chi connectivity index (χ1) is 7.66. The quantitative estimate of drug-likeness (QED) is 0.703. The Bertz CT molecular complexity index is 485. The number of rotatable bonds is 1. The average molecular weight is 221 g/mol. The van der Waals surface area contributed by atoms with Crippen LogP contribution in [0.5, 0.6) is 0 Å². The zero-order valence-corrected chi connectivity index (χ0v) is 8.16. The normalized spacial score (nSPS) is 14.3. The number of nitrogens with one attached hydrogen (secondary N) is 2. The SMILES string of the molecule is O=C1CN=C(NC(=O)c2ccccc2F)N1. The number of hydrogen-bond acceptors (Lipinski definition) is 3. The van der Waals surface area contributed by atoms with Gasteiger partial charge < -0.3 is 0 Å². The molecule has 0 fully saturated rings. The number of carbonyl (C=O) groups is 2. The van der Waals surface area contributed by atoms with Gasteiger partial charge >= 0.3 is 0 Å². The number of guanidine groups is 1. The second kappa shape index (κ2) is 4.09. The van der Waals surface area contributed by atoms with E-state index < -0.39 is 11.7 Å². The molecule has 0 unspecified atom stereocenters. The molecule has 0 saturated heterocycles. The van der Waals surface area contributed by atoms with Crippen molar-refractivity contribution in [2.24, 2.45) is 4.99 Å². The van der Waals surface area contributed by atoms with Crippen molar-refractivity contribution in [2.45, 2.75) is 0 Å². The fraction of sp³-hybridized carbons (Fsp3) is 0.100. The van der Waals surface area contributed by atoms with Crippen LogP contribution in [0.15, 0.2) is 29.3 Å². The van der Waals surface area contributed by atoms with Gasteiger partial charge in [0, 0.05) is 0 Å². The molecule has 1 heterocycles. The van der Waals surface area contributed by atoms with Crippen LogP contribution in [0.4, 0.5) is 4.39 Å². The lowest BCUT2D eigenvalue weighted by molar-refractivity contribution is -0.117. The molecule has 2 amide bonds. The molecule has 0 saturated carbocycles. The molecule has 1 aromatic carbocycles. The first-order valence-electron chi connectivity index (χ1n) is 4.57. The standard InChI is InChI=1S/C10H8FN3O2/c11-7-4-2-1-3-6(7)9(16)14-10-12-5-8(15)13-10/h1-4H,5H2,(H2,12,13,14,15,16). The maximum atomic E-state index is 13.2. The van der Waals surface area contributed by atoms with Gasteiger partial charge in [0.1, 0.15) is 12.4 Å². The minimum atomic E-state index is -0.640. The van der Waals surface area contributed by atoms with E-state index in [9.17, 15) is 14.0 Å². The zero-order valence-electron chi connectivity index (χ0n) is 8.16. The predicted octanol–water partition coefficient (Wildman–Crippen LogP) is 0.0413. The van der Waals surface area contributed by atoms with E-state index in [2.05, 4.69) is 15.6 Å². The highest BCUT2D eigenvalue weighted by atomic mass is 19.1. The number of amides is 2. The van der Waals surface area contributed by atoms with E-state index in [1.54, 1.807) is 6.07 Å². The Balaban J connectivity index is 2.10. The van der Waals surface area contributed by atoms with Gasteiger partial charge in [0.05, 0.1) is 5.56 Å². The Morgan fingerprint density at radius 2 is 2.19 bits per heavy atom. The minimum Gasteiger partial charge on any atom is -0.295 e. The van der Waals surface area contributed by atoms with Crippen LogP contribution in [-0.4, -0.2) is 24.3 Å². The molecule has 82 valence electrons. The van der Waals surface area contributed by atoms with Crippen molar-refractivity contribution >= 4 is 17.8 Å². The summed E-state index contributed by atoms with van der Waals surface area (Å²) in [5.74, 6) is -1.51. The molecule has 5 nitrogen and oxygen atoms in total. The van der Waals surface area contributed by atoms with E-state index in [-0.39, 0.29) is 24.0 Å². The van der Waals surface area contributed by atoms with Crippen molar-refractivity contribution in [3.8, 4) is 0 Å². The Hall–Kier alpha value is -2.24. The van der Waals surface area contributed by atoms with Crippen LogP contribution in [0.1, 0.15) is 10.4 Å². The van der Waals surface area contributed by atoms with Gasteiger partial charge in [-0.25, -0.2) is 9.38 Å². The molecular weight excluding hydrogens is 213 g/mol. The third kappa shape index (κ3) is 2.05. The second-order valence-corrected chi connectivity index (χ2v) is 3.15. The molecule has 1 aliphatic heterocycles. The van der Waals surface area contributed by atoms with Crippen molar-refractivity contribution < 1.29 is 14.0 Å². The maximum absolute atomic E-state index is 13.2. The number of nitrogens with zero attached hydrogens (tertiary/aromatic N) is 1. The van der Waals surface area contributed by atoms with Gasteiger partial charge in [0.15, 0.2) is 0 Å². The minimum absolute atomic E-state index is 0.0209. The highest BCUT2D eigenvalue weighted by Gasteiger charge is 2.17. The van der Waals surface area contributed by atoms with Crippen molar-refractivity contribution in [1.82, 2.24) is 10.6 Å². The summed E-state index contributed by atoms with van der Waals surface area (Å²) in [5.41, 5.74) is -0.0913. The summed E-state index contributed by atoms with van der Waals surface area (Å²) >= 11 is 0. The molecule has 1 aliphatic rings. The van der Waals surface area contributed by atoms with E-state index in [0.717, 1.165) is 0 Å². The van der Waals surface area contributed by atoms with Gasteiger partial charge in [-0.3, -0.25) is 20.2 Å². The Kier molecular flexibility index (Phi) is 2.63. The van der Waals surface area contributed by atoms with Crippen molar-refractivity contribution in [3.05, 3.63) is 35.6 Å². The lowest BCUT2D eigenvalue weighted by Crippen LogP contribution is -2.40. The largest absolute Gasteiger partial charge is 0.295 e. The Morgan fingerprint density at radius 3 is 2.81 bits per heavy atom. The topological polar surface area (TPSA) is 70.6 Å². The van der Waals surface area contributed by atoms with E-state index in [1.807, 2.05) is 0 Å². The Labute approximate surface area is 90.4 Å². The van der Waals surface area contributed by atoms with E-state index in [0.29, 0.717) is 0 Å². The van der Waals surface area contributed by atoms with E-state index >= 15 is 0 Å². The maximum Gasteiger partial charge on any atom is 0.260 e. The number of hydrogen-bond donors (Lipinski definition) is 2. The molecule has 2 N–H and O–H groups in total. The summed E-state index contributed by atoms with van der Waals surface area (Å²) in [5, 5.41) is 4.64. The van der Waals surface area contributed by atoms with Crippen molar-refractivity contribution in [1.29, 1.82) is 0 Å². The van der Waals surface area contributed by atoms with Crippen LogP contribution < -0.4 is 10.6 Å². The molecule has 1 aromatic rings. The summed E-state index contributed by atoms with van der Waals surface area (Å²) in [6, 6.07) is 5.57. The lowest BCUT2D eigenvalue weighted by atomic mass is 10.2. The van der Waals surface area contributed by atoms with E-state index in [4.69, 9.17) is 0 Å². The molecule has 0 aliphatic carbocycles. The highest BCUT2D eigenvalue weighted by Crippen LogP contribution is 2.05. The summed E-state index contributed by atoms with van der Waals surface area (Å²) in [6.45, 7) is -0.0209. The van der Waals surface area contributed by atoms with Gasteiger partial charge in [-0.2, -0.15) is 0 Å². The number of benzene rings is 1. The monoisotopic (exact) mass is 221 g/mol. The van der Waals surface area contributed by atoms with Crippen molar-refractivity contribution in [3.63, 3.8) is 0 Å². The van der Waals surface area contributed by atoms with Crippen LogP contribution in [0.3, 0.4) is 0 Å². The highest BCUT2D eigenvalue weighted by molar-refractivity contribution is 6.12. The van der Waals surface area contributed by atoms with Gasteiger partial charge in [-0.1, -0.05) is 12.1 Å². The van der Waals surface area contributed by atoms with Crippen LogP contribution in [-0.2, 0) is 4.79 Å². The fourth-order valence-electron chi connectivity index (χ4n) is 1.25. The molecule has 0 aromatic heterocycles. The zero-order chi connectivity index (χ0) is 11.5. The third-order valence-corrected chi connectivity index (χ3v) is 1.99. The van der Waals surface area contributed by atoms with Gasteiger partial charge in [-0.15, -0.1) is 0 Å². The Morgan fingerprint density at radius 1 is 1.44 bits per heavy atom. The summed E-state index contributed by atoms with van der Waals surface area (Å²) in [7, 11) is 0. The lowest BCUT2D eigenvalue weighted by Gasteiger charge is -2.04. The number of aliphatic imine (C=N–C) groups is 1. The first-order valence-corrected chi connectivity index (χ1v) is 4.57. The smallest absolute Gasteiger partial charge is 0.260 e. The van der Waals surface area contributed by atoms with Crippen LogP contribution in [0, 0.1) is 5.82 Å². The molecule has 0 atom stereocenters. The molecule has 0 bridgehead atoms.